The number of carbonyl (C=O) groups is 1. The van der Waals surface area contributed by atoms with Gasteiger partial charge in [0.15, 0.2) is 0 Å². The lowest BCUT2D eigenvalue weighted by atomic mass is 10.1. The molecule has 0 saturated heterocycles. The van der Waals surface area contributed by atoms with Crippen LogP contribution in [0.25, 0.3) is 0 Å². The van der Waals surface area contributed by atoms with Gasteiger partial charge in [0.05, 0.1) is 29.2 Å². The molecule has 33 heavy (non-hydrogen) atoms. The van der Waals surface area contributed by atoms with Crippen molar-refractivity contribution in [3.05, 3.63) is 82.3 Å². The summed E-state index contributed by atoms with van der Waals surface area (Å²) in [5.41, 5.74) is 1.18. The zero-order valence-corrected chi connectivity index (χ0v) is 20.2. The van der Waals surface area contributed by atoms with Crippen molar-refractivity contribution in [1.82, 2.24) is 4.72 Å². The number of amides is 1. The summed E-state index contributed by atoms with van der Waals surface area (Å²) < 4.78 is 38.8. The normalized spacial score (nSPS) is 12.1. The van der Waals surface area contributed by atoms with E-state index in [9.17, 15) is 13.2 Å². The van der Waals surface area contributed by atoms with Gasteiger partial charge >= 0.3 is 0 Å². The van der Waals surface area contributed by atoms with E-state index in [2.05, 4.69) is 10.0 Å². The van der Waals surface area contributed by atoms with Gasteiger partial charge in [0.1, 0.15) is 17.5 Å². The number of benzene rings is 3. The topological polar surface area (TPSA) is 93.7 Å². The second kappa shape index (κ2) is 10.9. The molecule has 0 saturated carbocycles. The van der Waals surface area contributed by atoms with E-state index in [0.717, 1.165) is 5.56 Å². The SMILES string of the molecule is COc1ccc(NC(=O)C(Cc2ccccc2)NS(=O)(=O)c2ccc(OC)c(Cl)c2)cc1Cl. The fraction of sp³-hybridized carbons (Fsp3) is 0.174. The summed E-state index contributed by atoms with van der Waals surface area (Å²) in [5, 5.41) is 3.15. The highest BCUT2D eigenvalue weighted by Crippen LogP contribution is 2.28. The van der Waals surface area contributed by atoms with Crippen LogP contribution in [0.3, 0.4) is 0 Å². The highest BCUT2D eigenvalue weighted by atomic mass is 35.5. The van der Waals surface area contributed by atoms with Crippen LogP contribution in [0.5, 0.6) is 11.5 Å². The van der Waals surface area contributed by atoms with E-state index >= 15 is 0 Å². The van der Waals surface area contributed by atoms with Crippen molar-refractivity contribution in [3.63, 3.8) is 0 Å². The van der Waals surface area contributed by atoms with Crippen LogP contribution in [0, 0.1) is 0 Å². The number of halogens is 2. The highest BCUT2D eigenvalue weighted by molar-refractivity contribution is 7.89. The third-order valence-corrected chi connectivity index (χ3v) is 6.81. The average molecular weight is 509 g/mol. The van der Waals surface area contributed by atoms with Crippen LogP contribution in [0.15, 0.2) is 71.6 Å². The largest absolute Gasteiger partial charge is 0.495 e. The maximum Gasteiger partial charge on any atom is 0.242 e. The minimum atomic E-state index is -4.08. The molecule has 0 bridgehead atoms. The second-order valence-electron chi connectivity index (χ2n) is 7.00. The Morgan fingerprint density at radius 1 is 0.909 bits per heavy atom. The Kier molecular flexibility index (Phi) is 8.20. The van der Waals surface area contributed by atoms with Crippen LogP contribution in [-0.2, 0) is 21.2 Å². The standard InChI is InChI=1S/C23H22Cl2N2O5S/c1-31-21-10-8-16(13-18(21)24)26-23(28)20(12-15-6-4-3-5-7-15)27-33(29,30)17-9-11-22(32-2)19(25)14-17/h3-11,13-14,20,27H,12H2,1-2H3,(H,26,28). The molecule has 0 aliphatic heterocycles. The first-order valence-electron chi connectivity index (χ1n) is 9.77. The van der Waals surface area contributed by atoms with Crippen molar-refractivity contribution >= 4 is 44.8 Å². The predicted molar refractivity (Wildman–Crippen MR) is 129 cm³/mol. The first-order valence-corrected chi connectivity index (χ1v) is 12.0. The smallest absolute Gasteiger partial charge is 0.242 e. The molecule has 0 spiro atoms. The molecular weight excluding hydrogens is 487 g/mol. The lowest BCUT2D eigenvalue weighted by molar-refractivity contribution is -0.117. The number of ether oxygens (including phenoxy) is 2. The van der Waals surface area contributed by atoms with Crippen molar-refractivity contribution in [2.24, 2.45) is 0 Å². The molecule has 1 amide bonds. The maximum atomic E-state index is 13.1. The Morgan fingerprint density at radius 3 is 2.09 bits per heavy atom. The van der Waals surface area contributed by atoms with E-state index in [1.165, 1.54) is 38.5 Å². The van der Waals surface area contributed by atoms with Crippen LogP contribution < -0.4 is 19.5 Å². The Balaban J connectivity index is 1.88. The number of anilines is 1. The van der Waals surface area contributed by atoms with Crippen LogP contribution >= 0.6 is 23.2 Å². The van der Waals surface area contributed by atoms with E-state index in [-0.39, 0.29) is 16.3 Å². The van der Waals surface area contributed by atoms with E-state index in [1.54, 1.807) is 12.1 Å². The number of carbonyl (C=O) groups excluding carboxylic acids is 1. The molecule has 0 radical (unpaired) electrons. The van der Waals surface area contributed by atoms with Gasteiger partial charge in [0.25, 0.3) is 0 Å². The number of hydrogen-bond donors (Lipinski definition) is 2. The molecule has 0 fully saturated rings. The lowest BCUT2D eigenvalue weighted by Crippen LogP contribution is -2.45. The van der Waals surface area contributed by atoms with Crippen molar-refractivity contribution in [2.45, 2.75) is 17.4 Å². The molecule has 174 valence electrons. The van der Waals surface area contributed by atoms with E-state index in [1.807, 2.05) is 30.3 Å². The van der Waals surface area contributed by atoms with Gasteiger partial charge in [-0.25, -0.2) is 8.42 Å². The van der Waals surface area contributed by atoms with Crippen molar-refractivity contribution in [3.8, 4) is 11.5 Å². The van der Waals surface area contributed by atoms with Gasteiger partial charge in [-0.15, -0.1) is 0 Å². The Bertz CT molecular complexity index is 1240. The molecular formula is C23H22Cl2N2O5S. The molecule has 2 N–H and O–H groups in total. The lowest BCUT2D eigenvalue weighted by Gasteiger charge is -2.19. The van der Waals surface area contributed by atoms with Gasteiger partial charge in [-0.2, -0.15) is 4.72 Å². The first kappa shape index (κ1) is 24.9. The first-order chi connectivity index (χ1) is 15.7. The zero-order chi connectivity index (χ0) is 24.0. The Labute approximate surface area is 202 Å². The number of rotatable bonds is 9. The van der Waals surface area contributed by atoms with Crippen molar-refractivity contribution in [1.29, 1.82) is 0 Å². The maximum absolute atomic E-state index is 13.1. The predicted octanol–water partition coefficient (Wildman–Crippen LogP) is 4.54. The molecule has 3 aromatic rings. The summed E-state index contributed by atoms with van der Waals surface area (Å²) in [5.74, 6) is 0.237. The molecule has 3 rings (SSSR count). The number of nitrogens with one attached hydrogen (secondary N) is 2. The third kappa shape index (κ3) is 6.39. The van der Waals surface area contributed by atoms with Gasteiger partial charge in [0, 0.05) is 5.69 Å². The zero-order valence-electron chi connectivity index (χ0n) is 17.8. The van der Waals surface area contributed by atoms with Crippen molar-refractivity contribution < 1.29 is 22.7 Å². The van der Waals surface area contributed by atoms with Crippen LogP contribution in [0.1, 0.15) is 5.56 Å². The molecule has 3 aromatic carbocycles. The Hall–Kier alpha value is -2.78. The second-order valence-corrected chi connectivity index (χ2v) is 9.53. The summed E-state index contributed by atoms with van der Waals surface area (Å²) >= 11 is 12.2. The summed E-state index contributed by atoms with van der Waals surface area (Å²) in [4.78, 5) is 13.0. The molecule has 7 nitrogen and oxygen atoms in total. The van der Waals surface area contributed by atoms with E-state index < -0.39 is 22.0 Å². The van der Waals surface area contributed by atoms with Gasteiger partial charge in [0.2, 0.25) is 15.9 Å². The van der Waals surface area contributed by atoms with Crippen molar-refractivity contribution in [2.75, 3.05) is 19.5 Å². The molecule has 10 heteroatoms. The molecule has 1 atom stereocenters. The van der Waals surface area contributed by atoms with Gasteiger partial charge < -0.3 is 14.8 Å². The van der Waals surface area contributed by atoms with Gasteiger partial charge in [-0.05, 0) is 48.4 Å². The average Bonchev–Trinajstić information content (AvgIpc) is 2.79. The summed E-state index contributed by atoms with van der Waals surface area (Å²) in [6.45, 7) is 0. The minimum absolute atomic E-state index is 0.0911. The third-order valence-electron chi connectivity index (χ3n) is 4.75. The minimum Gasteiger partial charge on any atom is -0.495 e. The van der Waals surface area contributed by atoms with Crippen LogP contribution in [0.4, 0.5) is 5.69 Å². The van der Waals surface area contributed by atoms with Gasteiger partial charge in [-0.3, -0.25) is 4.79 Å². The quantitative estimate of drug-likeness (QED) is 0.442. The fourth-order valence-corrected chi connectivity index (χ4v) is 4.88. The molecule has 0 aromatic heterocycles. The summed E-state index contributed by atoms with van der Waals surface area (Å²) in [6.07, 6.45) is 0.125. The molecule has 1 unspecified atom stereocenters. The molecule has 0 aliphatic rings. The molecule has 0 heterocycles. The Morgan fingerprint density at radius 2 is 1.52 bits per heavy atom. The fourth-order valence-electron chi connectivity index (χ4n) is 3.08. The molecule has 0 aliphatic carbocycles. The monoisotopic (exact) mass is 508 g/mol. The highest BCUT2D eigenvalue weighted by Gasteiger charge is 2.27. The van der Waals surface area contributed by atoms with E-state index in [0.29, 0.717) is 22.2 Å². The number of methoxy groups -OCH3 is 2. The number of hydrogen-bond acceptors (Lipinski definition) is 5. The van der Waals surface area contributed by atoms with E-state index in [4.69, 9.17) is 32.7 Å². The summed E-state index contributed by atoms with van der Waals surface area (Å²) in [6, 6.07) is 16.8. The number of sulfonamides is 1. The van der Waals surface area contributed by atoms with Gasteiger partial charge in [-0.1, -0.05) is 53.5 Å². The van der Waals surface area contributed by atoms with Crippen LogP contribution in [0.2, 0.25) is 10.0 Å². The summed E-state index contributed by atoms with van der Waals surface area (Å²) in [7, 11) is -1.17. The van der Waals surface area contributed by atoms with Crippen LogP contribution in [-0.4, -0.2) is 34.6 Å².